The molecule has 1 aromatic heterocycles. The summed E-state index contributed by atoms with van der Waals surface area (Å²) >= 11 is 0. The van der Waals surface area contributed by atoms with Gasteiger partial charge in [-0.2, -0.15) is 5.10 Å². The number of hydrogen-bond acceptors (Lipinski definition) is 3. The number of aromatic nitrogens is 2. The fraction of sp³-hybridized carbons (Fsp3) is 0.304. The molecule has 0 N–H and O–H groups in total. The highest BCUT2D eigenvalue weighted by atomic mass is 16.2. The monoisotopic (exact) mass is 372 g/mol. The van der Waals surface area contributed by atoms with E-state index in [-0.39, 0.29) is 5.91 Å². The summed E-state index contributed by atoms with van der Waals surface area (Å²) in [6.45, 7) is 5.64. The predicted molar refractivity (Wildman–Crippen MR) is 109 cm³/mol. The van der Waals surface area contributed by atoms with Gasteiger partial charge in [-0.1, -0.05) is 42.5 Å². The summed E-state index contributed by atoms with van der Waals surface area (Å²) in [5.74, 6) is 0.0911. The van der Waals surface area contributed by atoms with Crippen molar-refractivity contribution in [3.63, 3.8) is 0 Å². The molecule has 0 aliphatic carbocycles. The van der Waals surface area contributed by atoms with E-state index in [9.17, 15) is 4.79 Å². The third-order valence-corrected chi connectivity index (χ3v) is 6.07. The molecular weight excluding hydrogens is 348 g/mol. The first-order valence-electron chi connectivity index (χ1n) is 9.91. The number of nitrogens with zero attached hydrogens (tertiary/aromatic N) is 4. The van der Waals surface area contributed by atoms with Gasteiger partial charge in [-0.05, 0) is 36.6 Å². The van der Waals surface area contributed by atoms with Crippen molar-refractivity contribution in [1.29, 1.82) is 0 Å². The van der Waals surface area contributed by atoms with Crippen LogP contribution < -0.4 is 0 Å². The second-order valence-electron chi connectivity index (χ2n) is 7.74. The normalized spacial score (nSPS) is 17.2. The maximum atomic E-state index is 13.0. The molecule has 1 saturated heterocycles. The second-order valence-corrected chi connectivity index (χ2v) is 7.74. The van der Waals surface area contributed by atoms with Crippen LogP contribution in [0.4, 0.5) is 0 Å². The zero-order chi connectivity index (χ0) is 19.1. The summed E-state index contributed by atoms with van der Waals surface area (Å²) in [7, 11) is 0. The predicted octanol–water partition coefficient (Wildman–Crippen LogP) is 3.06. The summed E-state index contributed by atoms with van der Waals surface area (Å²) < 4.78 is 1.84. The molecule has 3 heterocycles. The fourth-order valence-corrected chi connectivity index (χ4v) is 4.30. The molecule has 142 valence electrons. The van der Waals surface area contributed by atoms with Gasteiger partial charge in [0.2, 0.25) is 0 Å². The molecule has 0 saturated carbocycles. The number of carbonyl (C=O) groups is 1. The number of likely N-dealkylation sites (tertiary alicyclic amines) is 1. The van der Waals surface area contributed by atoms with Gasteiger partial charge < -0.3 is 4.90 Å². The van der Waals surface area contributed by atoms with Crippen molar-refractivity contribution in [2.24, 2.45) is 0 Å². The zero-order valence-electron chi connectivity index (χ0n) is 16.1. The molecule has 2 aliphatic heterocycles. The number of carbonyl (C=O) groups excluding carboxylic acids is 1. The van der Waals surface area contributed by atoms with E-state index in [1.54, 1.807) is 6.20 Å². The lowest BCUT2D eigenvalue weighted by Crippen LogP contribution is -2.61. The van der Waals surface area contributed by atoms with Crippen molar-refractivity contribution in [3.05, 3.63) is 83.2 Å². The van der Waals surface area contributed by atoms with E-state index in [2.05, 4.69) is 34.3 Å². The van der Waals surface area contributed by atoms with E-state index in [4.69, 9.17) is 0 Å². The first-order chi connectivity index (χ1) is 13.7. The van der Waals surface area contributed by atoms with E-state index in [1.807, 2.05) is 46.8 Å². The van der Waals surface area contributed by atoms with Crippen LogP contribution >= 0.6 is 0 Å². The maximum absolute atomic E-state index is 13.0. The van der Waals surface area contributed by atoms with Gasteiger partial charge in [-0.25, -0.2) is 4.68 Å². The summed E-state index contributed by atoms with van der Waals surface area (Å²) in [6.07, 6.45) is 2.80. The van der Waals surface area contributed by atoms with Crippen LogP contribution in [0.15, 0.2) is 60.8 Å². The molecule has 0 atom stereocenters. The Kier molecular flexibility index (Phi) is 4.24. The molecule has 2 aromatic carbocycles. The van der Waals surface area contributed by atoms with Crippen LogP contribution in [0.1, 0.15) is 27.2 Å². The number of para-hydroxylation sites is 1. The summed E-state index contributed by atoms with van der Waals surface area (Å²) in [6, 6.07) is 19.1. The fourth-order valence-electron chi connectivity index (χ4n) is 4.30. The second kappa shape index (κ2) is 6.91. The van der Waals surface area contributed by atoms with Gasteiger partial charge in [0.15, 0.2) is 0 Å². The lowest BCUT2D eigenvalue weighted by molar-refractivity contribution is 0.0218. The SMILES string of the molecule is Cc1c(C(=O)N2CC(N3CCc4ccccc4C3)C2)cnn1-c1ccccc1. The smallest absolute Gasteiger partial charge is 0.257 e. The van der Waals surface area contributed by atoms with Gasteiger partial charge in [0.05, 0.1) is 23.1 Å². The number of fused-ring (bicyclic) bond motifs is 1. The molecule has 0 radical (unpaired) electrons. The Balaban J connectivity index is 1.25. The van der Waals surface area contributed by atoms with Crippen LogP contribution in [0, 0.1) is 6.92 Å². The Morgan fingerprint density at radius 3 is 2.50 bits per heavy atom. The summed E-state index contributed by atoms with van der Waals surface area (Å²) in [4.78, 5) is 17.4. The third-order valence-electron chi connectivity index (χ3n) is 6.07. The van der Waals surface area contributed by atoms with Gasteiger partial charge in [0.25, 0.3) is 5.91 Å². The van der Waals surface area contributed by atoms with Crippen LogP contribution in [0.5, 0.6) is 0 Å². The molecule has 0 bridgehead atoms. The molecule has 0 unspecified atom stereocenters. The zero-order valence-corrected chi connectivity index (χ0v) is 16.1. The number of rotatable bonds is 3. The van der Waals surface area contributed by atoms with Crippen molar-refractivity contribution in [3.8, 4) is 5.69 Å². The molecule has 1 fully saturated rings. The van der Waals surface area contributed by atoms with E-state index in [0.717, 1.165) is 44.0 Å². The molecule has 5 heteroatoms. The van der Waals surface area contributed by atoms with Crippen molar-refractivity contribution < 1.29 is 4.79 Å². The van der Waals surface area contributed by atoms with Gasteiger partial charge in [0.1, 0.15) is 0 Å². The number of hydrogen-bond donors (Lipinski definition) is 0. The van der Waals surface area contributed by atoms with Crippen LogP contribution in [-0.4, -0.2) is 51.2 Å². The Morgan fingerprint density at radius 2 is 1.71 bits per heavy atom. The summed E-state index contributed by atoms with van der Waals surface area (Å²) in [5.41, 5.74) is 5.47. The van der Waals surface area contributed by atoms with Crippen molar-refractivity contribution in [1.82, 2.24) is 19.6 Å². The Hall–Kier alpha value is -2.92. The van der Waals surface area contributed by atoms with Gasteiger partial charge >= 0.3 is 0 Å². The van der Waals surface area contributed by atoms with Crippen LogP contribution in [-0.2, 0) is 13.0 Å². The van der Waals surface area contributed by atoms with Crippen molar-refractivity contribution in [2.75, 3.05) is 19.6 Å². The standard InChI is InChI=1S/C23H24N4O/c1-17-22(13-24-27(17)20-9-3-2-4-10-20)23(28)26-15-21(16-26)25-12-11-18-7-5-6-8-19(18)14-25/h2-10,13,21H,11-12,14-16H2,1H3. The Labute approximate surface area is 165 Å². The minimum atomic E-state index is 0.0911. The third kappa shape index (κ3) is 2.92. The number of benzene rings is 2. The lowest BCUT2D eigenvalue weighted by Gasteiger charge is -2.46. The minimum absolute atomic E-state index is 0.0911. The van der Waals surface area contributed by atoms with E-state index in [1.165, 1.54) is 11.1 Å². The van der Waals surface area contributed by atoms with Crippen molar-refractivity contribution in [2.45, 2.75) is 25.9 Å². The van der Waals surface area contributed by atoms with E-state index < -0.39 is 0 Å². The maximum Gasteiger partial charge on any atom is 0.257 e. The van der Waals surface area contributed by atoms with Crippen LogP contribution in [0.3, 0.4) is 0 Å². The molecule has 2 aliphatic rings. The van der Waals surface area contributed by atoms with E-state index >= 15 is 0 Å². The van der Waals surface area contributed by atoms with Crippen molar-refractivity contribution >= 4 is 5.91 Å². The minimum Gasteiger partial charge on any atom is -0.335 e. The molecule has 3 aromatic rings. The molecule has 5 rings (SSSR count). The largest absolute Gasteiger partial charge is 0.335 e. The molecule has 0 spiro atoms. The first-order valence-corrected chi connectivity index (χ1v) is 9.91. The average Bonchev–Trinajstić information content (AvgIpc) is 3.09. The Morgan fingerprint density at radius 1 is 1.00 bits per heavy atom. The Bertz CT molecular complexity index is 1000. The van der Waals surface area contributed by atoms with Crippen LogP contribution in [0.25, 0.3) is 5.69 Å². The average molecular weight is 372 g/mol. The van der Waals surface area contributed by atoms with E-state index in [0.29, 0.717) is 11.6 Å². The first kappa shape index (κ1) is 17.2. The highest BCUT2D eigenvalue weighted by Crippen LogP contribution is 2.26. The molecule has 1 amide bonds. The number of amides is 1. The van der Waals surface area contributed by atoms with Crippen LogP contribution in [0.2, 0.25) is 0 Å². The molecular formula is C23H24N4O. The topological polar surface area (TPSA) is 41.4 Å². The quantitative estimate of drug-likeness (QED) is 0.710. The van der Waals surface area contributed by atoms with Gasteiger partial charge in [-0.3, -0.25) is 9.69 Å². The highest BCUT2D eigenvalue weighted by molar-refractivity contribution is 5.95. The molecule has 5 nitrogen and oxygen atoms in total. The molecule has 28 heavy (non-hydrogen) atoms. The van der Waals surface area contributed by atoms with Gasteiger partial charge in [-0.15, -0.1) is 0 Å². The summed E-state index contributed by atoms with van der Waals surface area (Å²) in [5, 5.41) is 4.44. The lowest BCUT2D eigenvalue weighted by atomic mass is 9.96. The highest BCUT2D eigenvalue weighted by Gasteiger charge is 2.37. The van der Waals surface area contributed by atoms with Gasteiger partial charge in [0, 0.05) is 32.2 Å².